The molecule has 0 atom stereocenters. The van der Waals surface area contributed by atoms with Crippen LogP contribution >= 0.6 is 0 Å². The molecule has 0 saturated carbocycles. The monoisotopic (exact) mass is 318 g/mol. The lowest BCUT2D eigenvalue weighted by molar-refractivity contribution is -0.137. The normalized spacial score (nSPS) is 12.7. The van der Waals surface area contributed by atoms with Gasteiger partial charge in [-0.25, -0.2) is 0 Å². The number of hydrogen-bond donors (Lipinski definition) is 1. The van der Waals surface area contributed by atoms with Crippen molar-refractivity contribution in [3.05, 3.63) is 0 Å². The van der Waals surface area contributed by atoms with E-state index in [9.17, 15) is 4.79 Å². The summed E-state index contributed by atoms with van der Waals surface area (Å²) in [5, 5.41) is 8.54. The molecular formula is C15H34O3Si2. The third-order valence-electron chi connectivity index (χ3n) is 3.25. The smallest absolute Gasteiger partial charge is 0.303 e. The summed E-state index contributed by atoms with van der Waals surface area (Å²) in [5.41, 5.74) is 0. The van der Waals surface area contributed by atoms with E-state index in [1.54, 1.807) is 0 Å². The van der Waals surface area contributed by atoms with E-state index < -0.39 is 22.6 Å². The summed E-state index contributed by atoms with van der Waals surface area (Å²) in [4.78, 5) is 10.4. The molecule has 0 spiro atoms. The zero-order chi connectivity index (χ0) is 15.6. The van der Waals surface area contributed by atoms with E-state index in [2.05, 4.69) is 32.7 Å². The Morgan fingerprint density at radius 2 is 1.30 bits per heavy atom. The van der Waals surface area contributed by atoms with Crippen LogP contribution in [-0.4, -0.2) is 27.7 Å². The Morgan fingerprint density at radius 3 is 1.75 bits per heavy atom. The minimum atomic E-state index is -1.44. The quantitative estimate of drug-likeness (QED) is 0.395. The average Bonchev–Trinajstić information content (AvgIpc) is 2.22. The van der Waals surface area contributed by atoms with Crippen LogP contribution < -0.4 is 0 Å². The van der Waals surface area contributed by atoms with Gasteiger partial charge in [-0.2, -0.15) is 0 Å². The first-order valence-electron chi connectivity index (χ1n) is 8.04. The fraction of sp³-hybridized carbons (Fsp3) is 0.933. The highest BCUT2D eigenvalue weighted by Gasteiger charge is 2.28. The first-order valence-corrected chi connectivity index (χ1v) is 14.6. The molecule has 0 aromatic rings. The maximum Gasteiger partial charge on any atom is 0.303 e. The average molecular weight is 319 g/mol. The molecule has 20 heavy (non-hydrogen) atoms. The van der Waals surface area contributed by atoms with Gasteiger partial charge in [0.15, 0.2) is 16.6 Å². The molecule has 0 unspecified atom stereocenters. The van der Waals surface area contributed by atoms with Crippen LogP contribution in [0.3, 0.4) is 0 Å². The second kappa shape index (κ2) is 9.74. The fourth-order valence-corrected chi connectivity index (χ4v) is 10.7. The van der Waals surface area contributed by atoms with E-state index in [1.165, 1.54) is 38.1 Å². The highest BCUT2D eigenvalue weighted by Crippen LogP contribution is 2.21. The molecule has 0 radical (unpaired) electrons. The van der Waals surface area contributed by atoms with Crippen molar-refractivity contribution in [3.63, 3.8) is 0 Å². The van der Waals surface area contributed by atoms with Crippen LogP contribution in [0.1, 0.15) is 51.4 Å². The summed E-state index contributed by atoms with van der Waals surface area (Å²) < 4.78 is 6.33. The van der Waals surface area contributed by atoms with Crippen molar-refractivity contribution in [3.8, 4) is 0 Å². The van der Waals surface area contributed by atoms with Crippen molar-refractivity contribution >= 4 is 22.6 Å². The summed E-state index contributed by atoms with van der Waals surface area (Å²) in [7, 11) is -2.81. The van der Waals surface area contributed by atoms with Gasteiger partial charge in [-0.05, 0) is 45.2 Å². The van der Waals surface area contributed by atoms with E-state index >= 15 is 0 Å². The molecule has 0 aliphatic carbocycles. The first kappa shape index (κ1) is 19.9. The number of aliphatic carboxylic acids is 1. The third-order valence-corrected chi connectivity index (χ3v) is 9.47. The minimum Gasteiger partial charge on any atom is -0.481 e. The molecule has 0 aliphatic heterocycles. The Bertz CT molecular complexity index is 273. The molecule has 0 amide bonds. The number of carbonyl (C=O) groups is 1. The van der Waals surface area contributed by atoms with Crippen LogP contribution in [0, 0.1) is 0 Å². The molecule has 1 N–H and O–H groups in total. The lowest BCUT2D eigenvalue weighted by Gasteiger charge is -2.31. The molecule has 0 aliphatic rings. The van der Waals surface area contributed by atoms with Gasteiger partial charge < -0.3 is 9.22 Å². The van der Waals surface area contributed by atoms with Crippen molar-refractivity contribution in [2.75, 3.05) is 0 Å². The topological polar surface area (TPSA) is 46.5 Å². The van der Waals surface area contributed by atoms with Crippen molar-refractivity contribution in [2.45, 2.75) is 90.1 Å². The lowest BCUT2D eigenvalue weighted by Crippen LogP contribution is -2.42. The molecule has 0 heterocycles. The Labute approximate surface area is 127 Å². The molecular weight excluding hydrogens is 284 g/mol. The Balaban J connectivity index is 3.46. The van der Waals surface area contributed by atoms with Crippen molar-refractivity contribution in [1.82, 2.24) is 0 Å². The van der Waals surface area contributed by atoms with Crippen LogP contribution in [0.5, 0.6) is 0 Å². The van der Waals surface area contributed by atoms with Crippen LogP contribution in [0.15, 0.2) is 0 Å². The standard InChI is InChI=1S/C15H34O3Si2/c1-19(2,3)18-20(4,5)14-12-10-8-6-7-9-11-13-15(16)17/h6-14H2,1-5H3,(H,16,17). The predicted octanol–water partition coefficient (Wildman–Crippen LogP) is 5.25. The summed E-state index contributed by atoms with van der Waals surface area (Å²) in [5.74, 6) is -0.667. The number of unbranched alkanes of at least 4 members (excludes halogenated alkanes) is 6. The molecule has 0 aromatic carbocycles. The number of carboxylic acids is 1. The molecule has 0 saturated heterocycles. The third kappa shape index (κ3) is 14.3. The van der Waals surface area contributed by atoms with E-state index in [-0.39, 0.29) is 0 Å². The van der Waals surface area contributed by atoms with E-state index in [1.807, 2.05) is 0 Å². The first-order chi connectivity index (χ1) is 9.12. The lowest BCUT2D eigenvalue weighted by atomic mass is 10.1. The number of carboxylic acid groups (broad SMARTS) is 1. The molecule has 0 fully saturated rings. The maximum absolute atomic E-state index is 10.4. The van der Waals surface area contributed by atoms with E-state index in [0.717, 1.165) is 12.8 Å². The maximum atomic E-state index is 10.4. The second-order valence-corrected chi connectivity index (χ2v) is 16.4. The predicted molar refractivity (Wildman–Crippen MR) is 91.3 cm³/mol. The van der Waals surface area contributed by atoms with Gasteiger partial charge in [-0.1, -0.05) is 38.5 Å². The molecule has 0 bridgehead atoms. The highest BCUT2D eigenvalue weighted by molar-refractivity contribution is 6.84. The van der Waals surface area contributed by atoms with Gasteiger partial charge in [-0.3, -0.25) is 4.79 Å². The van der Waals surface area contributed by atoms with Gasteiger partial charge in [0.05, 0.1) is 0 Å². The minimum absolute atomic E-state index is 0.327. The molecule has 120 valence electrons. The second-order valence-electron chi connectivity index (χ2n) is 7.34. The van der Waals surface area contributed by atoms with E-state index in [0.29, 0.717) is 6.42 Å². The fourth-order valence-electron chi connectivity index (χ4n) is 2.59. The van der Waals surface area contributed by atoms with Crippen molar-refractivity contribution in [1.29, 1.82) is 0 Å². The van der Waals surface area contributed by atoms with Gasteiger partial charge >= 0.3 is 5.97 Å². The molecule has 5 heteroatoms. The number of rotatable bonds is 12. The Kier molecular flexibility index (Phi) is 9.67. The summed E-state index contributed by atoms with van der Waals surface area (Å²) >= 11 is 0. The van der Waals surface area contributed by atoms with E-state index in [4.69, 9.17) is 9.22 Å². The SMILES string of the molecule is C[Si](C)(C)O[Si](C)(C)CCCCCCCCCC(=O)O. The largest absolute Gasteiger partial charge is 0.481 e. The summed E-state index contributed by atoms with van der Waals surface area (Å²) in [6.07, 6.45) is 8.52. The number of hydrogen-bond acceptors (Lipinski definition) is 2. The van der Waals surface area contributed by atoms with Gasteiger partial charge in [0, 0.05) is 6.42 Å². The molecule has 3 nitrogen and oxygen atoms in total. The zero-order valence-corrected chi connectivity index (χ0v) is 16.1. The van der Waals surface area contributed by atoms with Crippen LogP contribution in [0.4, 0.5) is 0 Å². The highest BCUT2D eigenvalue weighted by atomic mass is 28.4. The van der Waals surface area contributed by atoms with Gasteiger partial charge in [0.2, 0.25) is 0 Å². The summed E-state index contributed by atoms with van der Waals surface area (Å²) in [6, 6.07) is 1.27. The van der Waals surface area contributed by atoms with Gasteiger partial charge in [0.25, 0.3) is 0 Å². The molecule has 0 rings (SSSR count). The van der Waals surface area contributed by atoms with Crippen LogP contribution in [0.2, 0.25) is 38.8 Å². The van der Waals surface area contributed by atoms with Gasteiger partial charge in [-0.15, -0.1) is 0 Å². The zero-order valence-electron chi connectivity index (χ0n) is 14.1. The van der Waals surface area contributed by atoms with Crippen LogP contribution in [0.25, 0.3) is 0 Å². The van der Waals surface area contributed by atoms with Crippen LogP contribution in [-0.2, 0) is 8.91 Å². The molecule has 0 aromatic heterocycles. The Hall–Kier alpha value is -0.136. The van der Waals surface area contributed by atoms with Crippen molar-refractivity contribution in [2.24, 2.45) is 0 Å². The van der Waals surface area contributed by atoms with Gasteiger partial charge in [0.1, 0.15) is 0 Å². The Morgan fingerprint density at radius 1 is 0.850 bits per heavy atom. The van der Waals surface area contributed by atoms with Crippen molar-refractivity contribution < 1.29 is 14.0 Å². The summed E-state index contributed by atoms with van der Waals surface area (Å²) in [6.45, 7) is 11.5.